The number of hydrogen-bond acceptors (Lipinski definition) is 1. The number of allylic oxidation sites excluding steroid dienone is 1. The summed E-state index contributed by atoms with van der Waals surface area (Å²) in [5, 5.41) is 0. The Labute approximate surface area is 143 Å². The van der Waals surface area contributed by atoms with Crippen LogP contribution in [0, 0.1) is 0 Å². The van der Waals surface area contributed by atoms with Gasteiger partial charge in [-0.1, -0.05) is 66.7 Å². The Kier molecular flexibility index (Phi) is 3.92. The van der Waals surface area contributed by atoms with E-state index in [-0.39, 0.29) is 0 Å². The summed E-state index contributed by atoms with van der Waals surface area (Å²) in [5.74, 6) is 0. The van der Waals surface area contributed by atoms with Gasteiger partial charge in [-0.05, 0) is 53.3 Å². The van der Waals surface area contributed by atoms with Crippen molar-refractivity contribution in [3.8, 4) is 11.1 Å². The molecule has 0 spiro atoms. The molecule has 0 aliphatic heterocycles. The number of nitrogens with zero attached hydrogens (tertiary/aromatic N) is 1. The average Bonchev–Trinajstić information content (AvgIpc) is 2.68. The SMILES string of the molecule is CN(c1ccc(-c2ccccc2)cc1)c1cccc2c1CCC=C2. The number of anilines is 2. The van der Waals surface area contributed by atoms with E-state index in [4.69, 9.17) is 0 Å². The Balaban J connectivity index is 1.66. The summed E-state index contributed by atoms with van der Waals surface area (Å²) in [7, 11) is 2.16. The van der Waals surface area contributed by atoms with Crippen LogP contribution < -0.4 is 4.90 Å². The van der Waals surface area contributed by atoms with Gasteiger partial charge in [0.25, 0.3) is 0 Å². The van der Waals surface area contributed by atoms with Crippen molar-refractivity contribution in [2.75, 3.05) is 11.9 Å². The Morgan fingerprint density at radius 3 is 2.29 bits per heavy atom. The molecule has 1 heteroatoms. The molecule has 0 atom stereocenters. The van der Waals surface area contributed by atoms with Gasteiger partial charge in [-0.15, -0.1) is 0 Å². The third kappa shape index (κ3) is 2.74. The van der Waals surface area contributed by atoms with Crippen LogP contribution in [0.5, 0.6) is 0 Å². The summed E-state index contributed by atoms with van der Waals surface area (Å²) in [5.41, 5.74) is 7.85. The molecule has 0 unspecified atom stereocenters. The van der Waals surface area contributed by atoms with Crippen LogP contribution in [0.25, 0.3) is 17.2 Å². The molecular formula is C23H21N. The molecule has 0 saturated heterocycles. The van der Waals surface area contributed by atoms with Crippen LogP contribution in [0.15, 0.2) is 78.9 Å². The van der Waals surface area contributed by atoms with Gasteiger partial charge in [-0.2, -0.15) is 0 Å². The Bertz CT molecular complexity index is 860. The molecule has 0 aromatic heterocycles. The maximum absolute atomic E-state index is 2.30. The van der Waals surface area contributed by atoms with Gasteiger partial charge in [-0.25, -0.2) is 0 Å². The number of benzene rings is 3. The molecule has 1 aliphatic carbocycles. The lowest BCUT2D eigenvalue weighted by molar-refractivity contribution is 0.974. The highest BCUT2D eigenvalue weighted by Gasteiger charge is 2.13. The predicted molar refractivity (Wildman–Crippen MR) is 104 cm³/mol. The van der Waals surface area contributed by atoms with Gasteiger partial charge in [0.15, 0.2) is 0 Å². The van der Waals surface area contributed by atoms with Crippen LogP contribution in [0.3, 0.4) is 0 Å². The largest absolute Gasteiger partial charge is 0.344 e. The molecule has 3 aromatic carbocycles. The van der Waals surface area contributed by atoms with E-state index >= 15 is 0 Å². The second-order valence-electron chi connectivity index (χ2n) is 6.26. The van der Waals surface area contributed by atoms with E-state index in [0.717, 1.165) is 12.8 Å². The molecule has 24 heavy (non-hydrogen) atoms. The van der Waals surface area contributed by atoms with E-state index in [2.05, 4.69) is 96.9 Å². The molecular weight excluding hydrogens is 290 g/mol. The summed E-state index contributed by atoms with van der Waals surface area (Å²) in [6.45, 7) is 0. The minimum Gasteiger partial charge on any atom is -0.344 e. The van der Waals surface area contributed by atoms with E-state index < -0.39 is 0 Å². The first-order chi connectivity index (χ1) is 11.8. The normalized spacial score (nSPS) is 12.7. The number of hydrogen-bond donors (Lipinski definition) is 0. The third-order valence-corrected chi connectivity index (χ3v) is 4.77. The van der Waals surface area contributed by atoms with Crippen molar-refractivity contribution in [1.29, 1.82) is 0 Å². The van der Waals surface area contributed by atoms with Crippen molar-refractivity contribution in [2.24, 2.45) is 0 Å². The molecule has 3 aromatic rings. The lowest BCUT2D eigenvalue weighted by atomic mass is 9.95. The highest BCUT2D eigenvalue weighted by molar-refractivity contribution is 5.74. The van der Waals surface area contributed by atoms with Crippen molar-refractivity contribution in [3.63, 3.8) is 0 Å². The standard InChI is InChI=1S/C23H21N/c1-24(23-13-7-11-20-10-5-6-12-22(20)23)21-16-14-19(15-17-21)18-8-3-2-4-9-18/h2-5,7-11,13-17H,6,12H2,1H3. The van der Waals surface area contributed by atoms with E-state index in [1.54, 1.807) is 0 Å². The van der Waals surface area contributed by atoms with E-state index in [9.17, 15) is 0 Å². The van der Waals surface area contributed by atoms with Gasteiger partial charge in [0, 0.05) is 18.4 Å². The Morgan fingerprint density at radius 1 is 0.750 bits per heavy atom. The lowest BCUT2D eigenvalue weighted by Gasteiger charge is -2.25. The molecule has 0 N–H and O–H groups in total. The highest BCUT2D eigenvalue weighted by Crippen LogP contribution is 2.33. The monoisotopic (exact) mass is 311 g/mol. The van der Waals surface area contributed by atoms with Crippen LogP contribution in [0.1, 0.15) is 17.5 Å². The van der Waals surface area contributed by atoms with Crippen molar-refractivity contribution < 1.29 is 0 Å². The van der Waals surface area contributed by atoms with Crippen LogP contribution in [-0.4, -0.2) is 7.05 Å². The van der Waals surface area contributed by atoms with Gasteiger partial charge in [-0.3, -0.25) is 0 Å². The molecule has 1 nitrogen and oxygen atoms in total. The van der Waals surface area contributed by atoms with E-state index in [1.165, 1.54) is 33.6 Å². The minimum atomic E-state index is 1.12. The first-order valence-corrected chi connectivity index (χ1v) is 8.50. The number of fused-ring (bicyclic) bond motifs is 1. The summed E-state index contributed by atoms with van der Waals surface area (Å²) < 4.78 is 0. The van der Waals surface area contributed by atoms with Gasteiger partial charge in [0.2, 0.25) is 0 Å². The molecule has 0 saturated carbocycles. The van der Waals surface area contributed by atoms with Crippen LogP contribution in [-0.2, 0) is 6.42 Å². The maximum atomic E-state index is 2.30. The first-order valence-electron chi connectivity index (χ1n) is 8.50. The molecule has 118 valence electrons. The zero-order valence-electron chi connectivity index (χ0n) is 13.9. The topological polar surface area (TPSA) is 3.24 Å². The smallest absolute Gasteiger partial charge is 0.0446 e. The van der Waals surface area contributed by atoms with Crippen LogP contribution in [0.2, 0.25) is 0 Å². The average molecular weight is 311 g/mol. The van der Waals surface area contributed by atoms with Crippen LogP contribution >= 0.6 is 0 Å². The van der Waals surface area contributed by atoms with E-state index in [0.29, 0.717) is 0 Å². The van der Waals surface area contributed by atoms with Crippen LogP contribution in [0.4, 0.5) is 11.4 Å². The molecule has 0 heterocycles. The first kappa shape index (κ1) is 14.8. The molecule has 0 radical (unpaired) electrons. The van der Waals surface area contributed by atoms with Gasteiger partial charge >= 0.3 is 0 Å². The third-order valence-electron chi connectivity index (χ3n) is 4.77. The molecule has 0 fully saturated rings. The zero-order valence-corrected chi connectivity index (χ0v) is 13.9. The predicted octanol–water partition coefficient (Wildman–Crippen LogP) is 6.08. The second kappa shape index (κ2) is 6.37. The summed E-state index contributed by atoms with van der Waals surface area (Å²) in [4.78, 5) is 2.30. The molecule has 4 rings (SSSR count). The quantitative estimate of drug-likeness (QED) is 0.566. The highest BCUT2D eigenvalue weighted by atomic mass is 15.1. The summed E-state index contributed by atoms with van der Waals surface area (Å²) in [6.07, 6.45) is 6.76. The van der Waals surface area contributed by atoms with Gasteiger partial charge in [0.05, 0.1) is 0 Å². The minimum absolute atomic E-state index is 1.12. The summed E-state index contributed by atoms with van der Waals surface area (Å²) >= 11 is 0. The van der Waals surface area contributed by atoms with Gasteiger partial charge < -0.3 is 4.90 Å². The van der Waals surface area contributed by atoms with Crippen molar-refractivity contribution in [1.82, 2.24) is 0 Å². The van der Waals surface area contributed by atoms with Crippen molar-refractivity contribution in [3.05, 3.63) is 90.0 Å². The Hall–Kier alpha value is -2.80. The van der Waals surface area contributed by atoms with Gasteiger partial charge in [0.1, 0.15) is 0 Å². The van der Waals surface area contributed by atoms with Crippen molar-refractivity contribution >= 4 is 17.5 Å². The molecule has 0 amide bonds. The summed E-state index contributed by atoms with van der Waals surface area (Å²) in [6, 6.07) is 25.9. The maximum Gasteiger partial charge on any atom is 0.0446 e. The number of rotatable bonds is 3. The molecule has 1 aliphatic rings. The van der Waals surface area contributed by atoms with E-state index in [1.807, 2.05) is 0 Å². The lowest BCUT2D eigenvalue weighted by Crippen LogP contribution is -2.13. The van der Waals surface area contributed by atoms with Crippen molar-refractivity contribution in [2.45, 2.75) is 12.8 Å². The fraction of sp³-hybridized carbons (Fsp3) is 0.130. The second-order valence-corrected chi connectivity index (χ2v) is 6.26. The fourth-order valence-corrected chi connectivity index (χ4v) is 3.42. The molecule has 0 bridgehead atoms. The Morgan fingerprint density at radius 2 is 1.50 bits per heavy atom. The fourth-order valence-electron chi connectivity index (χ4n) is 3.42. The zero-order chi connectivity index (χ0) is 16.4.